The van der Waals surface area contributed by atoms with Gasteiger partial charge in [0, 0.05) is 11.9 Å². The Morgan fingerprint density at radius 2 is 1.88 bits per heavy atom. The van der Waals surface area contributed by atoms with Crippen molar-refractivity contribution < 1.29 is 14.2 Å². The van der Waals surface area contributed by atoms with Crippen molar-refractivity contribution in [2.45, 2.75) is 0 Å². The lowest BCUT2D eigenvalue weighted by Crippen LogP contribution is -2.10. The van der Waals surface area contributed by atoms with Crippen LogP contribution in [0.25, 0.3) is 27.8 Å². The molecular weight excluding hydrogens is 335 g/mol. The molecule has 0 saturated heterocycles. The number of H-pyrrole nitrogens is 1. The molecule has 2 aromatic carbocycles. The van der Waals surface area contributed by atoms with Crippen LogP contribution in [0.3, 0.4) is 0 Å². The summed E-state index contributed by atoms with van der Waals surface area (Å²) in [4.78, 5) is 15.2. The summed E-state index contributed by atoms with van der Waals surface area (Å²) in [7, 11) is 1.59. The zero-order chi connectivity index (χ0) is 18.3. The van der Waals surface area contributed by atoms with Crippen molar-refractivity contribution in [3.8, 4) is 28.3 Å². The molecule has 0 fully saturated rings. The van der Waals surface area contributed by atoms with Crippen molar-refractivity contribution >= 4 is 11.0 Å². The minimum absolute atomic E-state index is 0.0328. The van der Waals surface area contributed by atoms with Gasteiger partial charge in [-0.05, 0) is 48.0 Å². The zero-order valence-corrected chi connectivity index (χ0v) is 13.9. The summed E-state index contributed by atoms with van der Waals surface area (Å²) in [5.41, 5.74) is 1.58. The monoisotopic (exact) mass is 350 g/mol. The smallest absolute Gasteiger partial charge is 0.260 e. The standard InChI is InChI=1S/C20H15FN2O3/c1-26-15-7-5-14(6-8-15)23-10-9-16-18(23)19(24)17(20(25)22-16)12-3-2-4-13(21)11-12/h2-11H,1H3,(H2,22,24,25). The van der Waals surface area contributed by atoms with E-state index >= 15 is 0 Å². The quantitative estimate of drug-likeness (QED) is 0.590. The molecule has 0 atom stereocenters. The van der Waals surface area contributed by atoms with Crippen LogP contribution in [0.5, 0.6) is 11.5 Å². The van der Waals surface area contributed by atoms with Gasteiger partial charge in [0.15, 0.2) is 5.75 Å². The van der Waals surface area contributed by atoms with Crippen molar-refractivity contribution in [3.63, 3.8) is 0 Å². The van der Waals surface area contributed by atoms with Crippen molar-refractivity contribution in [1.29, 1.82) is 0 Å². The number of benzene rings is 2. The first-order valence-corrected chi connectivity index (χ1v) is 7.95. The Kier molecular flexibility index (Phi) is 3.73. The largest absolute Gasteiger partial charge is 0.505 e. The number of aromatic hydroxyl groups is 1. The third kappa shape index (κ3) is 2.52. The van der Waals surface area contributed by atoms with E-state index in [0.29, 0.717) is 22.3 Å². The fraction of sp³-hybridized carbons (Fsp3) is 0.0500. The highest BCUT2D eigenvalue weighted by Gasteiger charge is 2.18. The third-order valence-electron chi connectivity index (χ3n) is 4.29. The SMILES string of the molecule is COc1ccc(-n2ccc3[nH]c(=O)c(-c4cccc(F)c4)c(O)c32)cc1. The predicted molar refractivity (Wildman–Crippen MR) is 97.5 cm³/mol. The molecule has 4 aromatic rings. The summed E-state index contributed by atoms with van der Waals surface area (Å²) in [6, 6.07) is 14.6. The summed E-state index contributed by atoms with van der Waals surface area (Å²) in [5.74, 6) is 0.0328. The van der Waals surface area contributed by atoms with E-state index in [9.17, 15) is 14.3 Å². The summed E-state index contributed by atoms with van der Waals surface area (Å²) >= 11 is 0. The maximum absolute atomic E-state index is 13.6. The normalized spacial score (nSPS) is 11.0. The van der Waals surface area contributed by atoms with Gasteiger partial charge in [0.05, 0.1) is 18.2 Å². The van der Waals surface area contributed by atoms with E-state index in [4.69, 9.17) is 4.74 Å². The van der Waals surface area contributed by atoms with Gasteiger partial charge in [-0.3, -0.25) is 4.79 Å². The van der Waals surface area contributed by atoms with E-state index in [-0.39, 0.29) is 11.3 Å². The number of hydrogen-bond acceptors (Lipinski definition) is 3. The van der Waals surface area contributed by atoms with Crippen molar-refractivity contribution in [3.05, 3.63) is 77.0 Å². The Hall–Kier alpha value is -3.54. The fourth-order valence-electron chi connectivity index (χ4n) is 3.06. The van der Waals surface area contributed by atoms with Gasteiger partial charge >= 0.3 is 0 Å². The number of methoxy groups -OCH3 is 1. The molecule has 6 heteroatoms. The number of rotatable bonds is 3. The number of aromatic amines is 1. The Morgan fingerprint density at radius 1 is 1.12 bits per heavy atom. The molecule has 2 N–H and O–H groups in total. The first-order chi connectivity index (χ1) is 12.6. The molecule has 0 unspecified atom stereocenters. The minimum Gasteiger partial charge on any atom is -0.505 e. The van der Waals surface area contributed by atoms with Gasteiger partial charge in [-0.1, -0.05) is 12.1 Å². The van der Waals surface area contributed by atoms with Crippen LogP contribution in [-0.4, -0.2) is 21.8 Å². The van der Waals surface area contributed by atoms with Crippen molar-refractivity contribution in [1.82, 2.24) is 9.55 Å². The topological polar surface area (TPSA) is 67.2 Å². The second-order valence-electron chi connectivity index (χ2n) is 5.83. The predicted octanol–water partition coefficient (Wildman–Crippen LogP) is 3.84. The molecule has 130 valence electrons. The molecule has 0 aliphatic heterocycles. The van der Waals surface area contributed by atoms with Crippen LogP contribution in [0.15, 0.2) is 65.6 Å². The Balaban J connectivity index is 1.97. The van der Waals surface area contributed by atoms with E-state index in [2.05, 4.69) is 4.98 Å². The first-order valence-electron chi connectivity index (χ1n) is 7.95. The number of pyridine rings is 1. The summed E-state index contributed by atoms with van der Waals surface area (Å²) in [6.45, 7) is 0. The van der Waals surface area contributed by atoms with Crippen LogP contribution < -0.4 is 10.3 Å². The first kappa shape index (κ1) is 16.0. The average Bonchev–Trinajstić information content (AvgIpc) is 3.06. The highest BCUT2D eigenvalue weighted by molar-refractivity contribution is 5.90. The lowest BCUT2D eigenvalue weighted by atomic mass is 10.1. The van der Waals surface area contributed by atoms with Gasteiger partial charge in [0.1, 0.15) is 17.1 Å². The van der Waals surface area contributed by atoms with Gasteiger partial charge in [-0.15, -0.1) is 0 Å². The van der Waals surface area contributed by atoms with E-state index in [1.165, 1.54) is 18.2 Å². The maximum Gasteiger partial charge on any atom is 0.260 e. The van der Waals surface area contributed by atoms with Gasteiger partial charge in [-0.25, -0.2) is 4.39 Å². The zero-order valence-electron chi connectivity index (χ0n) is 13.9. The van der Waals surface area contributed by atoms with E-state index in [0.717, 1.165) is 5.69 Å². The number of nitrogens with zero attached hydrogens (tertiary/aromatic N) is 1. The van der Waals surface area contributed by atoms with Crippen LogP contribution in [-0.2, 0) is 0 Å². The maximum atomic E-state index is 13.6. The van der Waals surface area contributed by atoms with E-state index in [1.54, 1.807) is 42.1 Å². The summed E-state index contributed by atoms with van der Waals surface area (Å²) in [6.07, 6.45) is 1.75. The van der Waals surface area contributed by atoms with E-state index in [1.807, 2.05) is 12.1 Å². The number of nitrogens with one attached hydrogen (secondary N) is 1. The molecule has 2 heterocycles. The minimum atomic E-state index is -0.480. The van der Waals surface area contributed by atoms with Crippen LogP contribution in [0, 0.1) is 5.82 Å². The number of fused-ring (bicyclic) bond motifs is 1. The molecule has 26 heavy (non-hydrogen) atoms. The lowest BCUT2D eigenvalue weighted by Gasteiger charge is -2.10. The van der Waals surface area contributed by atoms with Gasteiger partial charge in [-0.2, -0.15) is 0 Å². The Bertz CT molecular complexity index is 1160. The molecule has 0 aliphatic rings. The molecule has 0 radical (unpaired) electrons. The molecule has 0 bridgehead atoms. The van der Waals surface area contributed by atoms with Gasteiger partial charge in [0.2, 0.25) is 0 Å². The summed E-state index contributed by atoms with van der Waals surface area (Å²) < 4.78 is 20.5. The molecule has 2 aromatic heterocycles. The van der Waals surface area contributed by atoms with Gasteiger partial charge in [0.25, 0.3) is 5.56 Å². The molecular formula is C20H15FN2O3. The molecule has 4 rings (SSSR count). The second-order valence-corrected chi connectivity index (χ2v) is 5.83. The Labute approximate surface area is 147 Å². The molecule has 0 saturated carbocycles. The fourth-order valence-corrected chi connectivity index (χ4v) is 3.06. The summed E-state index contributed by atoms with van der Waals surface area (Å²) in [5, 5.41) is 10.8. The Morgan fingerprint density at radius 3 is 2.58 bits per heavy atom. The highest BCUT2D eigenvalue weighted by Crippen LogP contribution is 2.34. The molecule has 0 amide bonds. The van der Waals surface area contributed by atoms with Crippen LogP contribution in [0.4, 0.5) is 4.39 Å². The molecule has 5 nitrogen and oxygen atoms in total. The van der Waals surface area contributed by atoms with Gasteiger partial charge < -0.3 is 19.4 Å². The van der Waals surface area contributed by atoms with Crippen molar-refractivity contribution in [2.75, 3.05) is 7.11 Å². The molecule has 0 spiro atoms. The number of ether oxygens (including phenoxy) is 1. The second kappa shape index (κ2) is 6.07. The van der Waals surface area contributed by atoms with E-state index < -0.39 is 11.4 Å². The lowest BCUT2D eigenvalue weighted by molar-refractivity contribution is 0.415. The highest BCUT2D eigenvalue weighted by atomic mass is 19.1. The number of hydrogen-bond donors (Lipinski definition) is 2. The number of halogens is 1. The third-order valence-corrected chi connectivity index (χ3v) is 4.29. The van der Waals surface area contributed by atoms with Crippen molar-refractivity contribution in [2.24, 2.45) is 0 Å². The van der Waals surface area contributed by atoms with Crippen LogP contribution >= 0.6 is 0 Å². The number of aromatic nitrogens is 2. The average molecular weight is 350 g/mol. The molecule has 0 aliphatic carbocycles. The van der Waals surface area contributed by atoms with Crippen LogP contribution in [0.2, 0.25) is 0 Å². The van der Waals surface area contributed by atoms with Crippen LogP contribution in [0.1, 0.15) is 0 Å².